The fourth-order valence-corrected chi connectivity index (χ4v) is 3.91. The van der Waals surface area contributed by atoms with Crippen LogP contribution in [0.2, 0.25) is 0 Å². The monoisotopic (exact) mass is 362 g/mol. The molecular weight excluding hydrogens is 340 g/mol. The van der Waals surface area contributed by atoms with E-state index in [1.54, 1.807) is 13.0 Å². The van der Waals surface area contributed by atoms with E-state index in [1.165, 1.54) is 24.6 Å². The molecule has 1 amide bonds. The Balaban J connectivity index is 1.47. The molecule has 4 rings (SSSR count). The fraction of sp³-hybridized carbons (Fsp3) is 0.625. The molecule has 3 heterocycles. The lowest BCUT2D eigenvalue weighted by atomic mass is 10.4. The Morgan fingerprint density at radius 3 is 2.76 bits per heavy atom. The van der Waals surface area contributed by atoms with Gasteiger partial charge in [-0.2, -0.15) is 0 Å². The van der Waals surface area contributed by atoms with Crippen molar-refractivity contribution in [2.45, 2.75) is 56.0 Å². The highest BCUT2D eigenvalue weighted by atomic mass is 32.2. The Morgan fingerprint density at radius 2 is 2.12 bits per heavy atom. The summed E-state index contributed by atoms with van der Waals surface area (Å²) in [5.41, 5.74) is 0. The van der Waals surface area contributed by atoms with Crippen LogP contribution in [0.5, 0.6) is 0 Å². The van der Waals surface area contributed by atoms with Crippen LogP contribution in [0, 0.1) is 6.92 Å². The van der Waals surface area contributed by atoms with Crippen molar-refractivity contribution in [2.24, 2.45) is 0 Å². The third kappa shape index (κ3) is 3.51. The van der Waals surface area contributed by atoms with Crippen LogP contribution in [-0.4, -0.2) is 44.2 Å². The van der Waals surface area contributed by atoms with E-state index >= 15 is 0 Å². The number of aromatic nitrogens is 4. The lowest BCUT2D eigenvalue weighted by Gasteiger charge is -2.18. The second-order valence-electron chi connectivity index (χ2n) is 6.65. The average molecular weight is 362 g/mol. The van der Waals surface area contributed by atoms with Crippen LogP contribution in [0.4, 0.5) is 11.8 Å². The first-order chi connectivity index (χ1) is 12.1. The maximum Gasteiger partial charge on any atom is 0.238 e. The topological polar surface area (TPSA) is 89.1 Å². The minimum absolute atomic E-state index is 0.119. The number of rotatable bonds is 6. The highest BCUT2D eigenvalue weighted by Gasteiger charge is 2.33. The van der Waals surface area contributed by atoms with Crippen molar-refractivity contribution in [3.05, 3.63) is 11.8 Å². The Labute approximate surface area is 150 Å². The van der Waals surface area contributed by atoms with E-state index in [0.717, 1.165) is 37.0 Å². The predicted octanol–water partition coefficient (Wildman–Crippen LogP) is 2.63. The number of carbonyl (C=O) groups excluding carboxylic acids is 1. The standard InChI is InChI=1S/C16H22N6O2S/c1-10-9-13(20-24-10)17-14(23)11(2)25-16-19-18-15(21-7-3-4-8-21)22(16)12-5-6-12/h9,11-12H,3-8H2,1-2H3,(H,17,20,23)/t11-/m0/s1. The number of thioether (sulfide) groups is 1. The number of anilines is 2. The zero-order chi connectivity index (χ0) is 17.4. The highest BCUT2D eigenvalue weighted by Crippen LogP contribution is 2.42. The predicted molar refractivity (Wildman–Crippen MR) is 94.9 cm³/mol. The molecule has 1 aliphatic heterocycles. The molecule has 25 heavy (non-hydrogen) atoms. The van der Waals surface area contributed by atoms with Crippen LogP contribution in [-0.2, 0) is 4.79 Å². The summed E-state index contributed by atoms with van der Waals surface area (Å²) in [6, 6.07) is 2.18. The number of nitrogens with zero attached hydrogens (tertiary/aromatic N) is 5. The van der Waals surface area contributed by atoms with E-state index in [9.17, 15) is 4.79 Å². The number of hydrogen-bond acceptors (Lipinski definition) is 7. The maximum absolute atomic E-state index is 12.4. The van der Waals surface area contributed by atoms with Crippen molar-refractivity contribution in [3.63, 3.8) is 0 Å². The summed E-state index contributed by atoms with van der Waals surface area (Å²) >= 11 is 1.44. The highest BCUT2D eigenvalue weighted by molar-refractivity contribution is 8.00. The van der Waals surface area contributed by atoms with Crippen molar-refractivity contribution in [2.75, 3.05) is 23.3 Å². The molecule has 0 bridgehead atoms. The second-order valence-corrected chi connectivity index (χ2v) is 7.96. The van der Waals surface area contributed by atoms with E-state index in [-0.39, 0.29) is 11.2 Å². The fourth-order valence-electron chi connectivity index (χ4n) is 3.00. The number of amides is 1. The van der Waals surface area contributed by atoms with E-state index in [0.29, 0.717) is 17.6 Å². The number of aryl methyl sites for hydroxylation is 1. The van der Waals surface area contributed by atoms with Gasteiger partial charge in [-0.05, 0) is 39.5 Å². The maximum atomic E-state index is 12.4. The number of nitrogens with one attached hydrogen (secondary N) is 1. The Kier molecular flexibility index (Phi) is 4.41. The van der Waals surface area contributed by atoms with Gasteiger partial charge in [-0.3, -0.25) is 9.36 Å². The van der Waals surface area contributed by atoms with E-state index in [4.69, 9.17) is 4.52 Å². The van der Waals surface area contributed by atoms with E-state index in [2.05, 4.69) is 30.1 Å². The van der Waals surface area contributed by atoms with Crippen LogP contribution in [0.25, 0.3) is 0 Å². The Bertz CT molecular complexity index is 763. The number of carbonyl (C=O) groups is 1. The van der Waals surface area contributed by atoms with Crippen LogP contribution in [0.1, 0.15) is 44.4 Å². The first-order valence-electron chi connectivity index (χ1n) is 8.72. The average Bonchev–Trinajstić information content (AvgIpc) is 3.00. The molecule has 1 saturated heterocycles. The van der Waals surface area contributed by atoms with Gasteiger partial charge in [-0.25, -0.2) is 0 Å². The molecule has 1 aliphatic carbocycles. The van der Waals surface area contributed by atoms with Gasteiger partial charge in [-0.1, -0.05) is 16.9 Å². The molecule has 0 spiro atoms. The zero-order valence-corrected chi connectivity index (χ0v) is 15.3. The molecule has 2 aromatic heterocycles. The summed E-state index contributed by atoms with van der Waals surface area (Å²) in [6.07, 6.45) is 4.72. The van der Waals surface area contributed by atoms with Gasteiger partial charge in [0.1, 0.15) is 5.76 Å². The molecule has 1 atom stereocenters. The normalized spacial score (nSPS) is 18.6. The lowest BCUT2D eigenvalue weighted by molar-refractivity contribution is -0.115. The summed E-state index contributed by atoms with van der Waals surface area (Å²) in [7, 11) is 0. The van der Waals surface area contributed by atoms with Crippen molar-refractivity contribution in [1.29, 1.82) is 0 Å². The lowest BCUT2D eigenvalue weighted by Crippen LogP contribution is -2.24. The number of hydrogen-bond donors (Lipinski definition) is 1. The van der Waals surface area contributed by atoms with Gasteiger partial charge in [0.15, 0.2) is 11.0 Å². The van der Waals surface area contributed by atoms with Gasteiger partial charge in [-0.15, -0.1) is 10.2 Å². The Hall–Kier alpha value is -2.03. The molecule has 1 saturated carbocycles. The Morgan fingerprint density at radius 1 is 1.36 bits per heavy atom. The van der Waals surface area contributed by atoms with Crippen molar-refractivity contribution in [3.8, 4) is 0 Å². The molecule has 2 fully saturated rings. The largest absolute Gasteiger partial charge is 0.360 e. The van der Waals surface area contributed by atoms with E-state index < -0.39 is 0 Å². The van der Waals surface area contributed by atoms with Gasteiger partial charge in [0.2, 0.25) is 11.9 Å². The molecule has 134 valence electrons. The van der Waals surface area contributed by atoms with Crippen LogP contribution < -0.4 is 10.2 Å². The zero-order valence-electron chi connectivity index (χ0n) is 14.4. The summed E-state index contributed by atoms with van der Waals surface area (Å²) in [4.78, 5) is 14.7. The molecule has 0 radical (unpaired) electrons. The summed E-state index contributed by atoms with van der Waals surface area (Å²) in [5.74, 6) is 1.95. The molecule has 1 N–H and O–H groups in total. The first-order valence-corrected chi connectivity index (χ1v) is 9.60. The third-order valence-corrected chi connectivity index (χ3v) is 5.53. The SMILES string of the molecule is Cc1cc(NC(=O)[C@H](C)Sc2nnc(N3CCCC3)n2C2CC2)no1. The van der Waals surface area contributed by atoms with Gasteiger partial charge in [0.25, 0.3) is 0 Å². The molecule has 0 aromatic carbocycles. The van der Waals surface area contributed by atoms with Crippen LogP contribution in [0.15, 0.2) is 15.7 Å². The molecule has 2 aromatic rings. The van der Waals surface area contributed by atoms with Gasteiger partial charge in [0.05, 0.1) is 5.25 Å². The summed E-state index contributed by atoms with van der Waals surface area (Å²) < 4.78 is 7.20. The smallest absolute Gasteiger partial charge is 0.238 e. The van der Waals surface area contributed by atoms with Crippen molar-refractivity contribution >= 4 is 29.4 Å². The van der Waals surface area contributed by atoms with Crippen LogP contribution in [0.3, 0.4) is 0 Å². The third-order valence-electron chi connectivity index (χ3n) is 4.48. The molecule has 8 nitrogen and oxygen atoms in total. The molecule has 2 aliphatic rings. The van der Waals surface area contributed by atoms with Gasteiger partial charge >= 0.3 is 0 Å². The minimum atomic E-state index is -0.301. The second kappa shape index (κ2) is 6.70. The van der Waals surface area contributed by atoms with Crippen molar-refractivity contribution in [1.82, 2.24) is 19.9 Å². The quantitative estimate of drug-likeness (QED) is 0.790. The molecule has 9 heteroatoms. The van der Waals surface area contributed by atoms with E-state index in [1.807, 2.05) is 6.92 Å². The minimum Gasteiger partial charge on any atom is -0.360 e. The molecular formula is C16H22N6O2S. The van der Waals surface area contributed by atoms with Gasteiger partial charge in [0, 0.05) is 25.2 Å². The van der Waals surface area contributed by atoms with Crippen molar-refractivity contribution < 1.29 is 9.32 Å². The van der Waals surface area contributed by atoms with Gasteiger partial charge < -0.3 is 14.7 Å². The van der Waals surface area contributed by atoms with Crippen LogP contribution >= 0.6 is 11.8 Å². The summed E-state index contributed by atoms with van der Waals surface area (Å²) in [5, 5.41) is 15.9. The first kappa shape index (κ1) is 16.4. The molecule has 0 unspecified atom stereocenters. The summed E-state index contributed by atoms with van der Waals surface area (Å²) in [6.45, 7) is 5.74.